The van der Waals surface area contributed by atoms with E-state index >= 15 is 0 Å². The monoisotopic (exact) mass is 594 g/mol. The van der Waals surface area contributed by atoms with Crippen LogP contribution in [0.25, 0.3) is 0 Å². The SMILES string of the molecule is CCCC(=O)OCCc1ccc(OCCOC(=O)C2=C(C)N=C(C)C(C(=O)OC(C)C)C2c2cccc([N+](=O)[O-])c2)cc1. The van der Waals surface area contributed by atoms with Crippen LogP contribution in [-0.2, 0) is 35.0 Å². The van der Waals surface area contributed by atoms with E-state index in [-0.39, 0.29) is 30.4 Å². The Morgan fingerprint density at radius 3 is 2.37 bits per heavy atom. The van der Waals surface area contributed by atoms with Crippen LogP contribution in [0.5, 0.6) is 5.75 Å². The summed E-state index contributed by atoms with van der Waals surface area (Å²) in [7, 11) is 0. The molecule has 0 radical (unpaired) electrons. The molecule has 0 saturated carbocycles. The Bertz CT molecular complexity index is 1380. The number of hydrogen-bond acceptors (Lipinski definition) is 10. The lowest BCUT2D eigenvalue weighted by Gasteiger charge is -2.32. The number of nitro benzene ring substituents is 1. The fourth-order valence-corrected chi connectivity index (χ4v) is 4.79. The molecular weight excluding hydrogens is 556 g/mol. The molecule has 0 amide bonds. The fourth-order valence-electron chi connectivity index (χ4n) is 4.79. The molecule has 11 heteroatoms. The average molecular weight is 595 g/mol. The van der Waals surface area contributed by atoms with Gasteiger partial charge in [-0.25, -0.2) is 4.79 Å². The maximum atomic E-state index is 13.4. The molecule has 11 nitrogen and oxygen atoms in total. The summed E-state index contributed by atoms with van der Waals surface area (Å²) in [6.45, 7) is 8.93. The van der Waals surface area contributed by atoms with Gasteiger partial charge in [-0.3, -0.25) is 24.7 Å². The number of esters is 3. The van der Waals surface area contributed by atoms with E-state index in [0.717, 1.165) is 12.0 Å². The standard InChI is InChI=1S/C32H38N2O9/c1-6-8-27(35)41-16-15-23-11-13-26(14-12-23)40-17-18-42-31(36)28-21(4)33-22(5)29(32(37)43-20(2)3)30(28)24-9-7-10-25(19-24)34(38)39/h7,9-14,19-20,29-30H,6,8,15-18H2,1-5H3. The second-order valence-electron chi connectivity index (χ2n) is 10.4. The molecule has 2 aromatic rings. The Kier molecular flexibility index (Phi) is 12.0. The third kappa shape index (κ3) is 9.22. The van der Waals surface area contributed by atoms with Crippen LogP contribution in [-0.4, -0.2) is 54.5 Å². The highest BCUT2D eigenvalue weighted by atomic mass is 16.6. The number of aliphatic imine (C=N–C) groups is 1. The fraction of sp³-hybridized carbons (Fsp3) is 0.438. The molecule has 1 aliphatic rings. The average Bonchev–Trinajstić information content (AvgIpc) is 2.95. The van der Waals surface area contributed by atoms with Crippen LogP contribution in [0.1, 0.15) is 64.5 Å². The Labute approximate surface area is 251 Å². The van der Waals surface area contributed by atoms with E-state index in [4.69, 9.17) is 18.9 Å². The number of ether oxygens (including phenoxy) is 4. The van der Waals surface area contributed by atoms with Gasteiger partial charge in [-0.15, -0.1) is 0 Å². The first kappa shape index (κ1) is 33.0. The molecule has 1 heterocycles. The summed E-state index contributed by atoms with van der Waals surface area (Å²) in [5.74, 6) is -2.80. The van der Waals surface area contributed by atoms with Crippen molar-refractivity contribution >= 4 is 29.3 Å². The zero-order chi connectivity index (χ0) is 31.5. The molecule has 230 valence electrons. The normalized spacial score (nSPS) is 16.4. The number of carbonyl (C=O) groups is 3. The Balaban J connectivity index is 1.69. The molecule has 0 fully saturated rings. The minimum Gasteiger partial charge on any atom is -0.490 e. The van der Waals surface area contributed by atoms with Crippen molar-refractivity contribution in [3.05, 3.63) is 81.0 Å². The van der Waals surface area contributed by atoms with Gasteiger partial charge in [-0.05, 0) is 57.4 Å². The van der Waals surface area contributed by atoms with E-state index in [1.165, 1.54) is 18.2 Å². The molecule has 0 bridgehead atoms. The lowest BCUT2D eigenvalue weighted by Crippen LogP contribution is -2.37. The second-order valence-corrected chi connectivity index (χ2v) is 10.4. The third-order valence-corrected chi connectivity index (χ3v) is 6.71. The van der Waals surface area contributed by atoms with Crippen molar-refractivity contribution in [3.63, 3.8) is 0 Å². The van der Waals surface area contributed by atoms with Gasteiger partial charge in [0.2, 0.25) is 0 Å². The number of nitro groups is 1. The molecule has 43 heavy (non-hydrogen) atoms. The Morgan fingerprint density at radius 2 is 1.72 bits per heavy atom. The zero-order valence-corrected chi connectivity index (χ0v) is 25.2. The first-order chi connectivity index (χ1) is 20.5. The summed E-state index contributed by atoms with van der Waals surface area (Å²) in [5.41, 5.74) is 2.12. The maximum Gasteiger partial charge on any atom is 0.336 e. The van der Waals surface area contributed by atoms with Crippen molar-refractivity contribution in [2.45, 2.75) is 65.9 Å². The van der Waals surface area contributed by atoms with Crippen molar-refractivity contribution in [1.29, 1.82) is 0 Å². The van der Waals surface area contributed by atoms with Crippen LogP contribution in [0.3, 0.4) is 0 Å². The van der Waals surface area contributed by atoms with Gasteiger partial charge in [0.1, 0.15) is 24.9 Å². The van der Waals surface area contributed by atoms with Crippen molar-refractivity contribution in [2.24, 2.45) is 10.9 Å². The van der Waals surface area contributed by atoms with E-state index in [1.807, 2.05) is 19.1 Å². The van der Waals surface area contributed by atoms with Gasteiger partial charge < -0.3 is 18.9 Å². The molecule has 0 N–H and O–H groups in total. The first-order valence-electron chi connectivity index (χ1n) is 14.3. The smallest absolute Gasteiger partial charge is 0.336 e. The lowest BCUT2D eigenvalue weighted by molar-refractivity contribution is -0.384. The topological polar surface area (TPSA) is 144 Å². The molecule has 3 rings (SSSR count). The van der Waals surface area contributed by atoms with E-state index in [9.17, 15) is 24.5 Å². The van der Waals surface area contributed by atoms with Gasteiger partial charge in [0.15, 0.2) is 0 Å². The van der Waals surface area contributed by atoms with Crippen molar-refractivity contribution in [3.8, 4) is 5.75 Å². The van der Waals surface area contributed by atoms with Gasteiger partial charge in [0.25, 0.3) is 5.69 Å². The number of non-ortho nitro benzene ring substituents is 1. The second kappa shape index (κ2) is 15.6. The largest absolute Gasteiger partial charge is 0.490 e. The van der Waals surface area contributed by atoms with Gasteiger partial charge in [0.05, 0.1) is 23.2 Å². The van der Waals surface area contributed by atoms with Crippen molar-refractivity contribution in [2.75, 3.05) is 19.8 Å². The molecule has 1 aliphatic heterocycles. The minimum absolute atomic E-state index is 0.0641. The molecule has 0 aliphatic carbocycles. The number of carbonyl (C=O) groups excluding carboxylic acids is 3. The quantitative estimate of drug-likeness (QED) is 0.0910. The van der Waals surface area contributed by atoms with Crippen molar-refractivity contribution in [1.82, 2.24) is 0 Å². The summed E-state index contributed by atoms with van der Waals surface area (Å²) < 4.78 is 21.9. The highest BCUT2D eigenvalue weighted by Crippen LogP contribution is 2.41. The Morgan fingerprint density at radius 1 is 1.00 bits per heavy atom. The van der Waals surface area contributed by atoms with Gasteiger partial charge in [-0.2, -0.15) is 0 Å². The first-order valence-corrected chi connectivity index (χ1v) is 14.3. The maximum absolute atomic E-state index is 13.4. The Hall–Kier alpha value is -4.54. The van der Waals surface area contributed by atoms with E-state index in [1.54, 1.807) is 45.9 Å². The number of rotatable bonds is 14. The van der Waals surface area contributed by atoms with Crippen LogP contribution in [0.2, 0.25) is 0 Å². The number of hydrogen-bond donors (Lipinski definition) is 0. The molecule has 2 atom stereocenters. The summed E-state index contributed by atoms with van der Waals surface area (Å²) in [4.78, 5) is 53.5. The summed E-state index contributed by atoms with van der Waals surface area (Å²) >= 11 is 0. The highest BCUT2D eigenvalue weighted by molar-refractivity contribution is 6.07. The van der Waals surface area contributed by atoms with Crippen LogP contribution in [0.4, 0.5) is 5.69 Å². The van der Waals surface area contributed by atoms with Crippen LogP contribution in [0.15, 0.2) is 64.8 Å². The molecule has 0 spiro atoms. The van der Waals surface area contributed by atoms with E-state index in [2.05, 4.69) is 4.99 Å². The van der Waals surface area contributed by atoms with Crippen LogP contribution < -0.4 is 4.74 Å². The van der Waals surface area contributed by atoms with Crippen molar-refractivity contribution < 1.29 is 38.3 Å². The molecule has 0 saturated heterocycles. The molecule has 2 aromatic carbocycles. The highest BCUT2D eigenvalue weighted by Gasteiger charge is 2.43. The predicted octanol–water partition coefficient (Wildman–Crippen LogP) is 5.50. The molecular formula is C32H38N2O9. The van der Waals surface area contributed by atoms with Gasteiger partial charge in [-0.1, -0.05) is 31.2 Å². The summed E-state index contributed by atoms with van der Waals surface area (Å²) in [6.07, 6.45) is 1.32. The van der Waals surface area contributed by atoms with Gasteiger partial charge >= 0.3 is 17.9 Å². The number of benzene rings is 2. The summed E-state index contributed by atoms with van der Waals surface area (Å²) in [6, 6.07) is 13.1. The predicted molar refractivity (Wildman–Crippen MR) is 159 cm³/mol. The van der Waals surface area contributed by atoms with E-state index < -0.39 is 34.8 Å². The third-order valence-electron chi connectivity index (χ3n) is 6.71. The minimum atomic E-state index is -0.972. The number of nitrogens with zero attached hydrogens (tertiary/aromatic N) is 2. The summed E-state index contributed by atoms with van der Waals surface area (Å²) in [5, 5.41) is 11.5. The van der Waals surface area contributed by atoms with Gasteiger partial charge in [0, 0.05) is 42.3 Å². The lowest BCUT2D eigenvalue weighted by atomic mass is 9.75. The number of allylic oxidation sites excluding steroid dienone is 1. The zero-order valence-electron chi connectivity index (χ0n) is 25.2. The van der Waals surface area contributed by atoms with Crippen LogP contribution >= 0.6 is 0 Å². The van der Waals surface area contributed by atoms with E-state index in [0.29, 0.717) is 42.2 Å². The molecule has 0 aromatic heterocycles. The molecule has 2 unspecified atom stereocenters. The van der Waals surface area contributed by atoms with Crippen LogP contribution in [0, 0.1) is 16.0 Å².